The van der Waals surface area contributed by atoms with Crippen molar-refractivity contribution < 1.29 is 13.2 Å². The van der Waals surface area contributed by atoms with Gasteiger partial charge < -0.3 is 4.74 Å². The van der Waals surface area contributed by atoms with Crippen LogP contribution in [0.4, 0.5) is 0 Å². The number of primary sulfonamides is 1. The van der Waals surface area contributed by atoms with Gasteiger partial charge in [0.05, 0.1) is 11.5 Å². The molecule has 98 valence electrons. The highest BCUT2D eigenvalue weighted by Crippen LogP contribution is 2.31. The third-order valence-corrected chi connectivity index (χ3v) is 3.88. The standard InChI is InChI=1S/C13H17NO3S/c1-2-17-13-7-6-12(18(14,15)16)9-11(13)8-10-4-3-5-10/h6-9H,2-5H2,1H3,(H2,14,15,16). The Bertz CT molecular complexity index is 570. The molecule has 1 aliphatic carbocycles. The summed E-state index contributed by atoms with van der Waals surface area (Å²) < 4.78 is 28.2. The number of allylic oxidation sites excluding steroid dienone is 1. The summed E-state index contributed by atoms with van der Waals surface area (Å²) in [6, 6.07) is 4.71. The van der Waals surface area contributed by atoms with Gasteiger partial charge in [-0.15, -0.1) is 0 Å². The van der Waals surface area contributed by atoms with Crippen molar-refractivity contribution in [2.75, 3.05) is 6.61 Å². The van der Waals surface area contributed by atoms with E-state index < -0.39 is 10.0 Å². The zero-order valence-corrected chi connectivity index (χ0v) is 11.2. The third kappa shape index (κ3) is 2.91. The summed E-state index contributed by atoms with van der Waals surface area (Å²) in [6.45, 7) is 2.44. The highest BCUT2D eigenvalue weighted by atomic mass is 32.2. The van der Waals surface area contributed by atoms with Gasteiger partial charge in [-0.2, -0.15) is 0 Å². The number of rotatable bonds is 4. The number of nitrogens with two attached hydrogens (primary N) is 1. The van der Waals surface area contributed by atoms with Gasteiger partial charge in [-0.3, -0.25) is 0 Å². The first kappa shape index (κ1) is 13.1. The Morgan fingerprint density at radius 2 is 2.11 bits per heavy atom. The van der Waals surface area contributed by atoms with Crippen LogP contribution in [0, 0.1) is 0 Å². The summed E-state index contributed by atoms with van der Waals surface area (Å²) >= 11 is 0. The van der Waals surface area contributed by atoms with Crippen LogP contribution in [0.2, 0.25) is 0 Å². The van der Waals surface area contributed by atoms with Crippen LogP contribution < -0.4 is 9.88 Å². The van der Waals surface area contributed by atoms with E-state index in [2.05, 4.69) is 0 Å². The van der Waals surface area contributed by atoms with Crippen molar-refractivity contribution in [3.8, 4) is 5.75 Å². The minimum absolute atomic E-state index is 0.122. The average molecular weight is 267 g/mol. The molecule has 0 aliphatic heterocycles. The normalized spacial score (nSPS) is 15.1. The summed E-state index contributed by atoms with van der Waals surface area (Å²) in [6.07, 6.45) is 5.35. The second-order valence-corrected chi connectivity index (χ2v) is 5.90. The second-order valence-electron chi connectivity index (χ2n) is 4.33. The number of benzene rings is 1. The Morgan fingerprint density at radius 3 is 2.61 bits per heavy atom. The zero-order valence-electron chi connectivity index (χ0n) is 10.3. The maximum atomic E-state index is 11.3. The van der Waals surface area contributed by atoms with E-state index in [0.29, 0.717) is 12.4 Å². The van der Waals surface area contributed by atoms with Gasteiger partial charge in [0, 0.05) is 5.56 Å². The van der Waals surface area contributed by atoms with E-state index in [0.717, 1.165) is 18.4 Å². The van der Waals surface area contributed by atoms with Crippen LogP contribution in [-0.4, -0.2) is 15.0 Å². The molecule has 0 amide bonds. The van der Waals surface area contributed by atoms with E-state index >= 15 is 0 Å². The minimum atomic E-state index is -3.67. The molecule has 4 nitrogen and oxygen atoms in total. The van der Waals surface area contributed by atoms with Crippen molar-refractivity contribution >= 4 is 16.1 Å². The summed E-state index contributed by atoms with van der Waals surface area (Å²) in [5.41, 5.74) is 2.11. The molecule has 1 aliphatic rings. The molecule has 2 rings (SSSR count). The smallest absolute Gasteiger partial charge is 0.238 e. The third-order valence-electron chi connectivity index (χ3n) is 2.97. The Hall–Kier alpha value is -1.33. The molecule has 1 saturated carbocycles. The number of ether oxygens (including phenoxy) is 1. The lowest BCUT2D eigenvalue weighted by atomic mass is 9.90. The van der Waals surface area contributed by atoms with E-state index in [1.165, 1.54) is 18.1 Å². The first-order valence-electron chi connectivity index (χ1n) is 6.00. The van der Waals surface area contributed by atoms with Crippen LogP contribution >= 0.6 is 0 Å². The fourth-order valence-electron chi connectivity index (χ4n) is 1.85. The molecule has 18 heavy (non-hydrogen) atoms. The number of sulfonamides is 1. The molecule has 0 atom stereocenters. The quantitative estimate of drug-likeness (QED) is 0.910. The predicted octanol–water partition coefficient (Wildman–Crippen LogP) is 2.30. The molecule has 2 N–H and O–H groups in total. The van der Waals surface area contributed by atoms with E-state index in [-0.39, 0.29) is 4.90 Å². The summed E-state index contributed by atoms with van der Waals surface area (Å²) in [5.74, 6) is 0.698. The molecule has 0 heterocycles. The molecule has 1 aromatic carbocycles. The molecular formula is C13H17NO3S. The van der Waals surface area contributed by atoms with E-state index in [1.807, 2.05) is 13.0 Å². The lowest BCUT2D eigenvalue weighted by molar-refractivity contribution is 0.339. The van der Waals surface area contributed by atoms with Gasteiger partial charge in [0.25, 0.3) is 0 Å². The van der Waals surface area contributed by atoms with Gasteiger partial charge in [-0.1, -0.05) is 11.6 Å². The summed E-state index contributed by atoms with van der Waals surface area (Å²) in [5, 5.41) is 5.14. The van der Waals surface area contributed by atoms with Crippen LogP contribution in [0.15, 0.2) is 28.7 Å². The Kier molecular flexibility index (Phi) is 3.73. The number of hydrogen-bond donors (Lipinski definition) is 1. The second kappa shape index (κ2) is 5.12. The lowest BCUT2D eigenvalue weighted by Crippen LogP contribution is -2.12. The zero-order chi connectivity index (χ0) is 13.2. The summed E-state index contributed by atoms with van der Waals surface area (Å²) in [4.78, 5) is 0.122. The molecular weight excluding hydrogens is 250 g/mol. The van der Waals surface area contributed by atoms with Crippen LogP contribution in [0.25, 0.3) is 6.08 Å². The Labute approximate surface area is 108 Å². The molecule has 0 unspecified atom stereocenters. The topological polar surface area (TPSA) is 69.4 Å². The SMILES string of the molecule is CCOc1ccc(S(N)(=O)=O)cc1C=C1CCC1. The molecule has 0 spiro atoms. The molecule has 1 fully saturated rings. The van der Waals surface area contributed by atoms with Gasteiger partial charge in [-0.25, -0.2) is 13.6 Å². The minimum Gasteiger partial charge on any atom is -0.493 e. The predicted molar refractivity (Wildman–Crippen MR) is 70.8 cm³/mol. The molecule has 1 aromatic rings. The Balaban J connectivity index is 2.43. The van der Waals surface area contributed by atoms with E-state index in [4.69, 9.17) is 9.88 Å². The maximum absolute atomic E-state index is 11.3. The highest BCUT2D eigenvalue weighted by Gasteiger charge is 2.14. The number of hydrogen-bond acceptors (Lipinski definition) is 3. The van der Waals surface area contributed by atoms with Crippen molar-refractivity contribution in [1.29, 1.82) is 0 Å². The first-order chi connectivity index (χ1) is 8.50. The largest absolute Gasteiger partial charge is 0.493 e. The lowest BCUT2D eigenvalue weighted by Gasteiger charge is -2.17. The molecule has 0 saturated heterocycles. The molecule has 0 aromatic heterocycles. The maximum Gasteiger partial charge on any atom is 0.238 e. The molecule has 5 heteroatoms. The van der Waals surface area contributed by atoms with Crippen molar-refractivity contribution in [2.45, 2.75) is 31.1 Å². The average Bonchev–Trinajstić information content (AvgIpc) is 2.24. The fraction of sp³-hybridized carbons (Fsp3) is 0.385. The molecule has 0 bridgehead atoms. The van der Waals surface area contributed by atoms with Gasteiger partial charge >= 0.3 is 0 Å². The van der Waals surface area contributed by atoms with Crippen LogP contribution in [0.5, 0.6) is 5.75 Å². The summed E-state index contributed by atoms with van der Waals surface area (Å²) in [7, 11) is -3.67. The van der Waals surface area contributed by atoms with Gasteiger partial charge in [0.1, 0.15) is 5.75 Å². The van der Waals surface area contributed by atoms with E-state index in [1.54, 1.807) is 12.1 Å². The highest BCUT2D eigenvalue weighted by molar-refractivity contribution is 7.89. The van der Waals surface area contributed by atoms with Crippen molar-refractivity contribution in [3.63, 3.8) is 0 Å². The van der Waals surface area contributed by atoms with Crippen molar-refractivity contribution in [2.24, 2.45) is 5.14 Å². The van der Waals surface area contributed by atoms with E-state index in [9.17, 15) is 8.42 Å². The van der Waals surface area contributed by atoms with Crippen molar-refractivity contribution in [3.05, 3.63) is 29.3 Å². The monoisotopic (exact) mass is 267 g/mol. The molecule has 0 radical (unpaired) electrons. The van der Waals surface area contributed by atoms with Gasteiger partial charge in [0.15, 0.2) is 0 Å². The van der Waals surface area contributed by atoms with Crippen LogP contribution in [0.1, 0.15) is 31.7 Å². The fourth-order valence-corrected chi connectivity index (χ4v) is 2.40. The van der Waals surface area contributed by atoms with Crippen molar-refractivity contribution in [1.82, 2.24) is 0 Å². The van der Waals surface area contributed by atoms with Gasteiger partial charge in [-0.05, 0) is 44.4 Å². The Morgan fingerprint density at radius 1 is 1.39 bits per heavy atom. The first-order valence-corrected chi connectivity index (χ1v) is 7.54. The van der Waals surface area contributed by atoms with Gasteiger partial charge in [0.2, 0.25) is 10.0 Å². The van der Waals surface area contributed by atoms with Crippen LogP contribution in [0.3, 0.4) is 0 Å². The van der Waals surface area contributed by atoms with Crippen LogP contribution in [-0.2, 0) is 10.0 Å².